The molecule has 5 heteroatoms. The number of aromatic nitrogens is 1. The van der Waals surface area contributed by atoms with Gasteiger partial charge in [0.15, 0.2) is 0 Å². The summed E-state index contributed by atoms with van der Waals surface area (Å²) in [5, 5.41) is 21.1. The summed E-state index contributed by atoms with van der Waals surface area (Å²) in [6, 6.07) is 9.17. The average Bonchev–Trinajstić information content (AvgIpc) is 2.77. The summed E-state index contributed by atoms with van der Waals surface area (Å²) in [7, 11) is 0. The summed E-state index contributed by atoms with van der Waals surface area (Å²) >= 11 is 0. The summed E-state index contributed by atoms with van der Waals surface area (Å²) in [5.41, 5.74) is 1.67. The first-order valence-electron chi connectivity index (χ1n) is 10.8. The largest absolute Gasteiger partial charge is 0.507 e. The number of pyridine rings is 1. The number of aromatic hydroxyl groups is 1. The maximum absolute atomic E-state index is 12.7. The van der Waals surface area contributed by atoms with Crippen molar-refractivity contribution in [2.24, 2.45) is 11.8 Å². The average molecular weight is 422 g/mol. The first kappa shape index (κ1) is 22.6. The zero-order valence-corrected chi connectivity index (χ0v) is 18.4. The van der Waals surface area contributed by atoms with Gasteiger partial charge in [0.05, 0.1) is 24.5 Å². The Kier molecular flexibility index (Phi) is 7.53. The fourth-order valence-electron chi connectivity index (χ4n) is 3.77. The molecule has 2 aromatic rings. The van der Waals surface area contributed by atoms with Crippen molar-refractivity contribution < 1.29 is 15.1 Å². The van der Waals surface area contributed by atoms with Gasteiger partial charge in [0, 0.05) is 5.56 Å². The molecule has 0 bridgehead atoms. The second-order valence-corrected chi connectivity index (χ2v) is 8.21. The van der Waals surface area contributed by atoms with Crippen LogP contribution in [0.4, 0.5) is 0 Å². The SMILES string of the molecule is CC[C@@H](C)/C=C/C=C/C=C1\CO[C@@H](c2c(O)c(-c3ccccc3)cn(O)c2=O)[C@H](C)C1. The lowest BCUT2D eigenvalue weighted by Gasteiger charge is -2.31. The van der Waals surface area contributed by atoms with E-state index >= 15 is 0 Å². The first-order valence-corrected chi connectivity index (χ1v) is 10.8. The number of allylic oxidation sites excluding steroid dienone is 5. The van der Waals surface area contributed by atoms with E-state index in [1.807, 2.05) is 55.5 Å². The van der Waals surface area contributed by atoms with E-state index in [1.165, 1.54) is 6.20 Å². The van der Waals surface area contributed by atoms with Gasteiger partial charge in [-0.05, 0) is 29.4 Å². The minimum absolute atomic E-state index is 0.0336. The van der Waals surface area contributed by atoms with Gasteiger partial charge < -0.3 is 15.1 Å². The van der Waals surface area contributed by atoms with Gasteiger partial charge in [-0.2, -0.15) is 4.73 Å². The topological polar surface area (TPSA) is 71.7 Å². The lowest BCUT2D eigenvalue weighted by atomic mass is 9.87. The number of ether oxygens (including phenoxy) is 1. The quantitative estimate of drug-likeness (QED) is 0.468. The second-order valence-electron chi connectivity index (χ2n) is 8.21. The molecule has 0 spiro atoms. The number of rotatable bonds is 6. The van der Waals surface area contributed by atoms with E-state index in [0.717, 1.165) is 18.4 Å². The third-order valence-electron chi connectivity index (χ3n) is 5.76. The Bertz CT molecular complexity index is 1030. The fourth-order valence-corrected chi connectivity index (χ4v) is 3.77. The van der Waals surface area contributed by atoms with E-state index in [2.05, 4.69) is 26.0 Å². The highest BCUT2D eigenvalue weighted by Gasteiger charge is 2.32. The molecule has 31 heavy (non-hydrogen) atoms. The van der Waals surface area contributed by atoms with Crippen LogP contribution in [0.2, 0.25) is 0 Å². The minimum Gasteiger partial charge on any atom is -0.507 e. The van der Waals surface area contributed by atoms with Crippen molar-refractivity contribution in [3.8, 4) is 16.9 Å². The summed E-state index contributed by atoms with van der Waals surface area (Å²) in [4.78, 5) is 12.7. The molecule has 0 radical (unpaired) electrons. The predicted octanol–water partition coefficient (Wildman–Crippen LogP) is 5.64. The highest BCUT2D eigenvalue weighted by Crippen LogP contribution is 2.40. The van der Waals surface area contributed by atoms with Gasteiger partial charge in [-0.1, -0.05) is 87.9 Å². The number of hydrogen-bond donors (Lipinski definition) is 2. The molecule has 1 aliphatic rings. The van der Waals surface area contributed by atoms with Gasteiger partial charge in [-0.3, -0.25) is 4.79 Å². The van der Waals surface area contributed by atoms with Crippen molar-refractivity contribution in [1.82, 2.24) is 4.73 Å². The number of benzene rings is 1. The van der Waals surface area contributed by atoms with Gasteiger partial charge in [-0.15, -0.1) is 0 Å². The van der Waals surface area contributed by atoms with Crippen molar-refractivity contribution in [2.45, 2.75) is 39.7 Å². The van der Waals surface area contributed by atoms with Crippen LogP contribution in [0.15, 0.2) is 77.3 Å². The summed E-state index contributed by atoms with van der Waals surface area (Å²) in [5.74, 6) is 0.389. The van der Waals surface area contributed by atoms with Gasteiger partial charge in [-0.25, -0.2) is 0 Å². The lowest BCUT2D eigenvalue weighted by Crippen LogP contribution is -2.31. The molecule has 0 aliphatic carbocycles. The molecule has 1 aliphatic heterocycles. The van der Waals surface area contributed by atoms with Crippen LogP contribution in [-0.4, -0.2) is 21.7 Å². The molecule has 2 N–H and O–H groups in total. The number of hydrogen-bond acceptors (Lipinski definition) is 4. The van der Waals surface area contributed by atoms with Crippen molar-refractivity contribution in [3.05, 3.63) is 88.4 Å². The van der Waals surface area contributed by atoms with E-state index in [-0.39, 0.29) is 17.2 Å². The zero-order valence-electron chi connectivity index (χ0n) is 18.4. The van der Waals surface area contributed by atoms with Gasteiger partial charge >= 0.3 is 0 Å². The van der Waals surface area contributed by atoms with Crippen LogP contribution in [-0.2, 0) is 4.74 Å². The normalized spacial score (nSPS) is 21.8. The molecule has 1 aromatic heterocycles. The molecule has 3 atom stereocenters. The molecule has 2 heterocycles. The van der Waals surface area contributed by atoms with E-state index in [4.69, 9.17) is 4.74 Å². The molecule has 0 saturated carbocycles. The first-order chi connectivity index (χ1) is 14.9. The highest BCUT2D eigenvalue weighted by atomic mass is 16.5. The summed E-state index contributed by atoms with van der Waals surface area (Å²) < 4.78 is 6.54. The highest BCUT2D eigenvalue weighted by molar-refractivity contribution is 5.70. The monoisotopic (exact) mass is 421 g/mol. The minimum atomic E-state index is -0.656. The van der Waals surface area contributed by atoms with E-state index in [9.17, 15) is 15.1 Å². The predicted molar refractivity (Wildman–Crippen MR) is 123 cm³/mol. The molecule has 1 fully saturated rings. The zero-order chi connectivity index (χ0) is 22.4. The Balaban J connectivity index is 1.81. The molecular formula is C26H31NO4. The van der Waals surface area contributed by atoms with Crippen molar-refractivity contribution in [3.63, 3.8) is 0 Å². The Morgan fingerprint density at radius 1 is 1.23 bits per heavy atom. The molecule has 0 amide bonds. The molecule has 3 rings (SSSR count). The fraction of sp³-hybridized carbons (Fsp3) is 0.346. The standard InChI is InChI=1S/C26H31NO4/c1-4-18(2)11-7-5-8-12-20-15-19(3)25(31-17-20)23-24(28)22(16-27(30)26(23)29)21-13-9-6-10-14-21/h5-14,16,18-19,25,28,30H,4,15,17H2,1-3H3/b8-5+,11-7+,20-12-/t18-,19-,25-/m1/s1. The van der Waals surface area contributed by atoms with Crippen molar-refractivity contribution in [1.29, 1.82) is 0 Å². The molecule has 1 aromatic carbocycles. The Morgan fingerprint density at radius 2 is 1.97 bits per heavy atom. The smallest absolute Gasteiger partial charge is 0.292 e. The Morgan fingerprint density at radius 3 is 2.65 bits per heavy atom. The van der Waals surface area contributed by atoms with Crippen LogP contribution in [0.3, 0.4) is 0 Å². The third-order valence-corrected chi connectivity index (χ3v) is 5.76. The van der Waals surface area contributed by atoms with Crippen LogP contribution < -0.4 is 5.56 Å². The third kappa shape index (κ3) is 5.36. The van der Waals surface area contributed by atoms with Gasteiger partial charge in [0.2, 0.25) is 0 Å². The Labute approximate surface area is 183 Å². The molecule has 1 saturated heterocycles. The maximum atomic E-state index is 12.7. The molecular weight excluding hydrogens is 390 g/mol. The molecule has 0 unspecified atom stereocenters. The van der Waals surface area contributed by atoms with E-state index in [1.54, 1.807) is 0 Å². The lowest BCUT2D eigenvalue weighted by molar-refractivity contribution is 0.000711. The maximum Gasteiger partial charge on any atom is 0.292 e. The van der Waals surface area contributed by atoms with Crippen molar-refractivity contribution >= 4 is 0 Å². The second kappa shape index (κ2) is 10.3. The molecule has 5 nitrogen and oxygen atoms in total. The van der Waals surface area contributed by atoms with Crippen LogP contribution in [0.5, 0.6) is 5.75 Å². The van der Waals surface area contributed by atoms with Crippen LogP contribution >= 0.6 is 0 Å². The van der Waals surface area contributed by atoms with Gasteiger partial charge in [0.1, 0.15) is 5.75 Å². The Hall–Kier alpha value is -3.05. The summed E-state index contributed by atoms with van der Waals surface area (Å²) in [6.07, 6.45) is 12.8. The van der Waals surface area contributed by atoms with Crippen molar-refractivity contribution in [2.75, 3.05) is 6.61 Å². The summed E-state index contributed by atoms with van der Waals surface area (Å²) in [6.45, 7) is 6.70. The number of nitrogens with zero attached hydrogens (tertiary/aromatic N) is 1. The van der Waals surface area contributed by atoms with Crippen LogP contribution in [0.1, 0.15) is 45.3 Å². The van der Waals surface area contributed by atoms with Gasteiger partial charge in [0.25, 0.3) is 5.56 Å². The van der Waals surface area contributed by atoms with Crippen LogP contribution in [0, 0.1) is 11.8 Å². The van der Waals surface area contributed by atoms with E-state index < -0.39 is 11.7 Å². The van der Waals surface area contributed by atoms with Crippen LogP contribution in [0.25, 0.3) is 11.1 Å². The van der Waals surface area contributed by atoms with E-state index in [0.29, 0.717) is 28.4 Å². The molecule has 164 valence electrons.